The van der Waals surface area contributed by atoms with E-state index in [0.717, 1.165) is 29.5 Å². The molecule has 2 amide bonds. The highest BCUT2D eigenvalue weighted by Gasteiger charge is 2.48. The maximum Gasteiger partial charge on any atom is 0.315 e. The van der Waals surface area contributed by atoms with Crippen LogP contribution in [0.1, 0.15) is 17.0 Å². The van der Waals surface area contributed by atoms with Gasteiger partial charge in [-0.2, -0.15) is 0 Å². The first-order chi connectivity index (χ1) is 8.72. The number of fused-ring (bicyclic) bond motifs is 3. The van der Waals surface area contributed by atoms with Crippen molar-refractivity contribution < 1.29 is 9.59 Å². The molecule has 3 rings (SSSR count). The number of hydrogen-bond acceptors (Lipinski definition) is 4. The van der Waals surface area contributed by atoms with E-state index in [1.165, 1.54) is 5.01 Å². The molecule has 2 N–H and O–H groups in total. The molecule has 18 heavy (non-hydrogen) atoms. The molecule has 1 aliphatic heterocycles. The van der Waals surface area contributed by atoms with Crippen molar-refractivity contribution in [3.8, 4) is 0 Å². The number of carbonyl (C=O) groups is 2. The van der Waals surface area contributed by atoms with Gasteiger partial charge in [-0.3, -0.25) is 19.7 Å². The molecule has 0 saturated carbocycles. The Morgan fingerprint density at radius 1 is 1.50 bits per heavy atom. The molecule has 1 aromatic rings. The Bertz CT molecular complexity index is 520. The number of nitrogens with one attached hydrogen (secondary N) is 2. The topological polar surface area (TPSA) is 61.4 Å². The van der Waals surface area contributed by atoms with Crippen molar-refractivity contribution in [1.82, 2.24) is 15.2 Å². The summed E-state index contributed by atoms with van der Waals surface area (Å²) in [6, 6.07) is 7.80. The van der Waals surface area contributed by atoms with E-state index in [0.29, 0.717) is 0 Å². The average molecular weight is 263 g/mol. The standard InChI is InChI=1S/C12H13N3O2S/c1-13-18-12(17)15-9-6-7-4-2-3-5-8(7)10(9)11(16)14-15/h2-5,9-10,13H,6H2,1H3,(H,14,16). The summed E-state index contributed by atoms with van der Waals surface area (Å²) in [4.78, 5) is 23.9. The van der Waals surface area contributed by atoms with E-state index in [4.69, 9.17) is 0 Å². The third-order valence-electron chi connectivity index (χ3n) is 3.43. The van der Waals surface area contributed by atoms with Crippen molar-refractivity contribution in [3.05, 3.63) is 35.4 Å². The minimum atomic E-state index is -0.220. The van der Waals surface area contributed by atoms with Crippen LogP contribution in [0.2, 0.25) is 0 Å². The SMILES string of the molecule is CNSC(=O)N1NC(=O)C2c3ccccc3CC21. The predicted molar refractivity (Wildman–Crippen MR) is 68.7 cm³/mol. The number of carbonyl (C=O) groups excluding carboxylic acids is 2. The minimum absolute atomic E-state index is 0.0880. The average Bonchev–Trinajstić information content (AvgIpc) is 2.88. The second-order valence-corrected chi connectivity index (χ2v) is 5.33. The number of hydrogen-bond donors (Lipinski definition) is 2. The number of nitrogens with zero attached hydrogens (tertiary/aromatic N) is 1. The zero-order valence-electron chi connectivity index (χ0n) is 9.84. The van der Waals surface area contributed by atoms with Gasteiger partial charge in [-0.05, 0) is 24.6 Å². The fraction of sp³-hybridized carbons (Fsp3) is 0.333. The first-order valence-corrected chi connectivity index (χ1v) is 6.59. The molecule has 1 heterocycles. The smallest absolute Gasteiger partial charge is 0.272 e. The van der Waals surface area contributed by atoms with Gasteiger partial charge in [0.1, 0.15) is 0 Å². The van der Waals surface area contributed by atoms with Crippen molar-refractivity contribution in [2.45, 2.75) is 18.4 Å². The van der Waals surface area contributed by atoms with Gasteiger partial charge in [-0.15, -0.1) is 0 Å². The summed E-state index contributed by atoms with van der Waals surface area (Å²) in [6.07, 6.45) is 0.732. The van der Waals surface area contributed by atoms with Gasteiger partial charge in [0.2, 0.25) is 5.91 Å². The van der Waals surface area contributed by atoms with Crippen molar-refractivity contribution in [2.24, 2.45) is 0 Å². The first kappa shape index (κ1) is 11.6. The lowest BCUT2D eigenvalue weighted by Gasteiger charge is -2.21. The van der Waals surface area contributed by atoms with Gasteiger partial charge in [0.25, 0.3) is 0 Å². The van der Waals surface area contributed by atoms with Crippen LogP contribution >= 0.6 is 11.9 Å². The van der Waals surface area contributed by atoms with Crippen molar-refractivity contribution >= 4 is 23.1 Å². The fourth-order valence-corrected chi connectivity index (χ4v) is 3.17. The second kappa shape index (κ2) is 4.29. The monoisotopic (exact) mass is 263 g/mol. The Morgan fingerprint density at radius 2 is 2.28 bits per heavy atom. The molecule has 1 aromatic carbocycles. The largest absolute Gasteiger partial charge is 0.315 e. The van der Waals surface area contributed by atoms with Crippen LogP contribution in [0.5, 0.6) is 0 Å². The number of benzene rings is 1. The van der Waals surface area contributed by atoms with Gasteiger partial charge >= 0.3 is 5.24 Å². The lowest BCUT2D eigenvalue weighted by Crippen LogP contribution is -2.42. The Morgan fingerprint density at radius 3 is 3.06 bits per heavy atom. The lowest BCUT2D eigenvalue weighted by atomic mass is 9.99. The Labute approximate surface area is 109 Å². The van der Waals surface area contributed by atoms with Crippen LogP contribution < -0.4 is 10.1 Å². The quantitative estimate of drug-likeness (QED) is 0.743. The molecule has 94 valence electrons. The van der Waals surface area contributed by atoms with Crippen molar-refractivity contribution in [2.75, 3.05) is 7.05 Å². The minimum Gasteiger partial charge on any atom is -0.272 e. The van der Waals surface area contributed by atoms with Crippen LogP contribution in [-0.2, 0) is 11.2 Å². The molecular formula is C12H13N3O2S. The zero-order chi connectivity index (χ0) is 12.7. The van der Waals surface area contributed by atoms with E-state index >= 15 is 0 Å². The Hall–Kier alpha value is -1.53. The summed E-state index contributed by atoms with van der Waals surface area (Å²) in [5, 5.41) is 1.28. The van der Waals surface area contributed by atoms with Gasteiger partial charge in [0.05, 0.1) is 12.0 Å². The first-order valence-electron chi connectivity index (χ1n) is 5.77. The number of rotatable bonds is 1. The molecule has 0 bridgehead atoms. The molecule has 0 spiro atoms. The molecule has 1 saturated heterocycles. The molecule has 6 heteroatoms. The molecule has 5 nitrogen and oxygen atoms in total. The molecule has 1 fully saturated rings. The van der Waals surface area contributed by atoms with Crippen LogP contribution in [0.4, 0.5) is 4.79 Å². The maximum atomic E-state index is 12.0. The third-order valence-corrected chi connectivity index (χ3v) is 4.01. The van der Waals surface area contributed by atoms with Crippen LogP contribution in [0.3, 0.4) is 0 Å². The fourth-order valence-electron chi connectivity index (χ4n) is 2.72. The number of hydrazine groups is 1. The molecule has 2 unspecified atom stereocenters. The summed E-state index contributed by atoms with van der Waals surface area (Å²) in [5.74, 6) is -0.308. The normalized spacial score (nSPS) is 24.7. The summed E-state index contributed by atoms with van der Waals surface area (Å²) in [7, 11) is 1.68. The molecule has 1 aliphatic carbocycles. The number of amides is 2. The highest BCUT2D eigenvalue weighted by molar-refractivity contribution is 8.11. The van der Waals surface area contributed by atoms with E-state index < -0.39 is 0 Å². The van der Waals surface area contributed by atoms with Crippen LogP contribution in [0.15, 0.2) is 24.3 Å². The van der Waals surface area contributed by atoms with E-state index in [1.54, 1.807) is 7.05 Å². The molecular weight excluding hydrogens is 250 g/mol. The van der Waals surface area contributed by atoms with Crippen molar-refractivity contribution in [3.63, 3.8) is 0 Å². The molecule has 0 aromatic heterocycles. The lowest BCUT2D eigenvalue weighted by molar-refractivity contribution is -0.121. The van der Waals surface area contributed by atoms with E-state index in [-0.39, 0.29) is 23.1 Å². The molecule has 2 aliphatic rings. The van der Waals surface area contributed by atoms with Gasteiger partial charge in [0.15, 0.2) is 0 Å². The maximum absolute atomic E-state index is 12.0. The van der Waals surface area contributed by atoms with Crippen LogP contribution in [0, 0.1) is 0 Å². The van der Waals surface area contributed by atoms with Crippen LogP contribution in [0.25, 0.3) is 0 Å². The zero-order valence-corrected chi connectivity index (χ0v) is 10.7. The van der Waals surface area contributed by atoms with E-state index in [9.17, 15) is 9.59 Å². The molecule has 2 atom stereocenters. The van der Waals surface area contributed by atoms with Gasteiger partial charge in [-0.1, -0.05) is 24.3 Å². The predicted octanol–water partition coefficient (Wildman–Crippen LogP) is 1.03. The summed E-state index contributed by atoms with van der Waals surface area (Å²) in [6.45, 7) is 0. The van der Waals surface area contributed by atoms with Gasteiger partial charge in [0, 0.05) is 11.9 Å². The van der Waals surface area contributed by atoms with Gasteiger partial charge in [-0.25, -0.2) is 5.01 Å². The van der Waals surface area contributed by atoms with E-state index in [2.05, 4.69) is 10.1 Å². The Balaban J connectivity index is 1.91. The van der Waals surface area contributed by atoms with Crippen molar-refractivity contribution in [1.29, 1.82) is 0 Å². The Kier molecular flexibility index (Phi) is 2.76. The van der Waals surface area contributed by atoms with E-state index in [1.807, 2.05) is 24.3 Å². The molecule has 0 radical (unpaired) electrons. The van der Waals surface area contributed by atoms with Crippen LogP contribution in [-0.4, -0.2) is 29.2 Å². The third kappa shape index (κ3) is 1.60. The summed E-state index contributed by atoms with van der Waals surface area (Å²) >= 11 is 0.981. The summed E-state index contributed by atoms with van der Waals surface area (Å²) in [5.41, 5.74) is 4.87. The summed E-state index contributed by atoms with van der Waals surface area (Å²) < 4.78 is 2.73. The highest BCUT2D eigenvalue weighted by atomic mass is 32.2. The second-order valence-electron chi connectivity index (χ2n) is 4.37. The highest BCUT2D eigenvalue weighted by Crippen LogP contribution is 2.39. The van der Waals surface area contributed by atoms with Gasteiger partial charge < -0.3 is 0 Å².